The molecular weight excluding hydrogens is 442 g/mol. The van der Waals surface area contributed by atoms with Crippen molar-refractivity contribution in [2.24, 2.45) is 5.92 Å². The highest BCUT2D eigenvalue weighted by Gasteiger charge is 2.49. The first-order valence-electron chi connectivity index (χ1n) is 10.5. The third-order valence-corrected chi connectivity index (χ3v) is 6.35. The van der Waals surface area contributed by atoms with Crippen LogP contribution < -0.4 is 0 Å². The van der Waals surface area contributed by atoms with Gasteiger partial charge in [-0.15, -0.1) is 0 Å². The van der Waals surface area contributed by atoms with Gasteiger partial charge >= 0.3 is 6.18 Å². The average molecular weight is 461 g/mol. The fraction of sp³-hybridized carbons (Fsp3) is 0.409. The van der Waals surface area contributed by atoms with E-state index in [0.29, 0.717) is 24.4 Å². The first kappa shape index (κ1) is 21.5. The van der Waals surface area contributed by atoms with Crippen molar-refractivity contribution in [2.75, 3.05) is 0 Å². The highest BCUT2D eigenvalue weighted by Crippen LogP contribution is 2.44. The van der Waals surface area contributed by atoms with Gasteiger partial charge in [-0.05, 0) is 50.7 Å². The Morgan fingerprint density at radius 1 is 1.21 bits per heavy atom. The lowest BCUT2D eigenvalue weighted by Crippen LogP contribution is -2.37. The molecule has 2 fully saturated rings. The number of halogens is 4. The first-order chi connectivity index (χ1) is 15.7. The Morgan fingerprint density at radius 2 is 2.03 bits per heavy atom. The van der Waals surface area contributed by atoms with E-state index in [1.807, 2.05) is 0 Å². The predicted molar refractivity (Wildman–Crippen MR) is 106 cm³/mol. The topological polar surface area (TPSA) is 85.0 Å². The molecule has 2 saturated heterocycles. The molecule has 1 aromatic carbocycles. The van der Waals surface area contributed by atoms with Crippen LogP contribution in [0.25, 0.3) is 11.5 Å². The molecule has 5 rings (SSSR count). The molecule has 172 valence electrons. The van der Waals surface area contributed by atoms with Crippen LogP contribution in [0, 0.1) is 18.7 Å². The van der Waals surface area contributed by atoms with Crippen LogP contribution in [-0.4, -0.2) is 43.0 Å². The summed E-state index contributed by atoms with van der Waals surface area (Å²) in [5.41, 5.74) is -0.475. The number of amides is 1. The first-order valence-corrected chi connectivity index (χ1v) is 10.5. The van der Waals surface area contributed by atoms with E-state index in [4.69, 9.17) is 4.52 Å². The molecule has 0 aliphatic carbocycles. The highest BCUT2D eigenvalue weighted by molar-refractivity contribution is 6.00. The zero-order valence-electron chi connectivity index (χ0n) is 17.5. The second-order valence-corrected chi connectivity index (χ2v) is 8.41. The molecule has 2 aromatic heterocycles. The zero-order chi connectivity index (χ0) is 23.3. The van der Waals surface area contributed by atoms with E-state index >= 15 is 0 Å². The van der Waals surface area contributed by atoms with Gasteiger partial charge < -0.3 is 9.42 Å². The third-order valence-electron chi connectivity index (χ3n) is 6.35. The van der Waals surface area contributed by atoms with E-state index in [1.165, 1.54) is 18.2 Å². The van der Waals surface area contributed by atoms with Gasteiger partial charge in [0.2, 0.25) is 0 Å². The number of aromatic nitrogens is 4. The molecule has 3 atom stereocenters. The van der Waals surface area contributed by atoms with Crippen LogP contribution >= 0.6 is 0 Å². The van der Waals surface area contributed by atoms with E-state index in [1.54, 1.807) is 11.8 Å². The van der Waals surface area contributed by atoms with Crippen LogP contribution in [0.15, 0.2) is 35.1 Å². The Bertz CT molecular complexity index is 1190. The van der Waals surface area contributed by atoms with Crippen molar-refractivity contribution < 1.29 is 26.9 Å². The summed E-state index contributed by atoms with van der Waals surface area (Å²) in [6, 6.07) is 4.08. The van der Waals surface area contributed by atoms with E-state index < -0.39 is 17.7 Å². The monoisotopic (exact) mass is 461 g/mol. The highest BCUT2D eigenvalue weighted by atomic mass is 19.4. The summed E-state index contributed by atoms with van der Waals surface area (Å²) < 4.78 is 58.0. The SMILES string of the molecule is Cc1noc(-c2c(F)cccc2C(=O)N2C3CCC2C(Cc2cnc(C(F)(F)F)cn2)C3)n1. The minimum Gasteiger partial charge on any atom is -0.334 e. The van der Waals surface area contributed by atoms with Gasteiger partial charge in [0.15, 0.2) is 11.5 Å². The number of carbonyl (C=O) groups excluding carboxylic acids is 1. The maximum atomic E-state index is 14.7. The van der Waals surface area contributed by atoms with E-state index in [9.17, 15) is 22.4 Å². The summed E-state index contributed by atoms with van der Waals surface area (Å²) in [6.45, 7) is 1.60. The number of fused-ring (bicyclic) bond motifs is 2. The normalized spacial score (nSPS) is 22.2. The second-order valence-electron chi connectivity index (χ2n) is 8.41. The van der Waals surface area contributed by atoms with Crippen LogP contribution in [0.4, 0.5) is 17.6 Å². The quantitative estimate of drug-likeness (QED) is 0.541. The Hall–Kier alpha value is -3.37. The Kier molecular flexibility index (Phi) is 5.13. The molecule has 33 heavy (non-hydrogen) atoms. The van der Waals surface area contributed by atoms with Crippen LogP contribution in [0.1, 0.15) is 46.8 Å². The van der Waals surface area contributed by atoms with Crippen molar-refractivity contribution in [2.45, 2.75) is 50.9 Å². The average Bonchev–Trinajstić information content (AvgIpc) is 3.47. The minimum atomic E-state index is -4.54. The molecule has 4 heterocycles. The fourth-order valence-electron chi connectivity index (χ4n) is 4.98. The van der Waals surface area contributed by atoms with Gasteiger partial charge in [-0.2, -0.15) is 18.2 Å². The summed E-state index contributed by atoms with van der Waals surface area (Å²) in [5.74, 6) is -0.662. The number of rotatable bonds is 4. The molecule has 2 aliphatic heterocycles. The van der Waals surface area contributed by atoms with Crippen molar-refractivity contribution in [1.82, 2.24) is 25.0 Å². The van der Waals surface area contributed by atoms with Gasteiger partial charge in [0, 0.05) is 18.3 Å². The summed E-state index contributed by atoms with van der Waals surface area (Å²) in [6.07, 6.45) is 0.0227. The maximum absolute atomic E-state index is 14.7. The van der Waals surface area contributed by atoms with Gasteiger partial charge in [-0.1, -0.05) is 11.2 Å². The van der Waals surface area contributed by atoms with Crippen LogP contribution in [0.3, 0.4) is 0 Å². The second kappa shape index (κ2) is 7.89. The minimum absolute atomic E-state index is 0.0282. The van der Waals surface area contributed by atoms with Crippen molar-refractivity contribution in [3.63, 3.8) is 0 Å². The number of benzene rings is 1. The lowest BCUT2D eigenvalue weighted by molar-refractivity contribution is -0.141. The van der Waals surface area contributed by atoms with Crippen molar-refractivity contribution >= 4 is 5.91 Å². The molecule has 1 amide bonds. The number of hydrogen-bond donors (Lipinski definition) is 0. The molecule has 3 unspecified atom stereocenters. The molecule has 11 heteroatoms. The molecule has 0 saturated carbocycles. The van der Waals surface area contributed by atoms with Gasteiger partial charge in [0.05, 0.1) is 23.0 Å². The van der Waals surface area contributed by atoms with Crippen molar-refractivity contribution in [3.05, 3.63) is 59.2 Å². The van der Waals surface area contributed by atoms with E-state index in [2.05, 4.69) is 20.1 Å². The number of alkyl halides is 3. The molecular formula is C22H19F4N5O2. The van der Waals surface area contributed by atoms with E-state index in [0.717, 1.165) is 25.2 Å². The fourth-order valence-corrected chi connectivity index (χ4v) is 4.98. The Morgan fingerprint density at radius 3 is 2.70 bits per heavy atom. The van der Waals surface area contributed by atoms with Gasteiger partial charge in [-0.25, -0.2) is 9.37 Å². The van der Waals surface area contributed by atoms with Gasteiger partial charge in [0.25, 0.3) is 11.8 Å². The lowest BCUT2D eigenvalue weighted by atomic mass is 9.86. The summed E-state index contributed by atoms with van der Waals surface area (Å²) in [7, 11) is 0. The van der Waals surface area contributed by atoms with Gasteiger partial charge in [0.1, 0.15) is 5.82 Å². The van der Waals surface area contributed by atoms with Crippen LogP contribution in [-0.2, 0) is 12.6 Å². The summed E-state index contributed by atoms with van der Waals surface area (Å²) in [4.78, 5) is 26.8. The molecule has 2 bridgehead atoms. The zero-order valence-corrected chi connectivity index (χ0v) is 17.5. The molecule has 2 aliphatic rings. The molecule has 0 N–H and O–H groups in total. The van der Waals surface area contributed by atoms with Crippen molar-refractivity contribution in [1.29, 1.82) is 0 Å². The predicted octanol–water partition coefficient (Wildman–Crippen LogP) is 4.23. The number of carbonyl (C=O) groups is 1. The molecule has 0 spiro atoms. The number of nitrogens with zero attached hydrogens (tertiary/aromatic N) is 5. The van der Waals surface area contributed by atoms with Gasteiger partial charge in [-0.3, -0.25) is 9.78 Å². The smallest absolute Gasteiger partial charge is 0.334 e. The summed E-state index contributed by atoms with van der Waals surface area (Å²) >= 11 is 0. The standard InChI is InChI=1S/C22H19F4N5O2/c1-11-29-20(33-30-11)19-15(3-2-4-16(19)23)21(32)31-14-5-6-17(31)12(8-14)7-13-9-28-18(10-27-13)22(24,25)26/h2-4,9-10,12,14,17H,5-8H2,1H3. The molecule has 7 nitrogen and oxygen atoms in total. The number of aryl methyl sites for hydroxylation is 1. The largest absolute Gasteiger partial charge is 0.434 e. The Labute approximate surface area is 185 Å². The maximum Gasteiger partial charge on any atom is 0.434 e. The van der Waals surface area contributed by atoms with Crippen LogP contribution in [0.2, 0.25) is 0 Å². The molecule has 0 radical (unpaired) electrons. The van der Waals surface area contributed by atoms with E-state index in [-0.39, 0.29) is 40.9 Å². The third kappa shape index (κ3) is 3.85. The molecule has 3 aromatic rings. The van der Waals surface area contributed by atoms with Crippen LogP contribution in [0.5, 0.6) is 0 Å². The Balaban J connectivity index is 1.39. The summed E-state index contributed by atoms with van der Waals surface area (Å²) in [5, 5.41) is 3.69. The number of hydrogen-bond acceptors (Lipinski definition) is 6. The van der Waals surface area contributed by atoms with Crippen molar-refractivity contribution in [3.8, 4) is 11.5 Å². The lowest BCUT2D eigenvalue weighted by Gasteiger charge is -2.25.